The van der Waals surface area contributed by atoms with Crippen LogP contribution in [-0.4, -0.2) is 112 Å². The molecule has 0 bridgehead atoms. The number of hydrogen-bond acceptors (Lipinski definition) is 11. The molecule has 256 valence electrons. The average molecular weight is 665 g/mol. The molecular weight excluding hydrogens is 620 g/mol. The maximum Gasteiger partial charge on any atom is 0.154 e. The summed E-state index contributed by atoms with van der Waals surface area (Å²) in [5, 5.41) is 26.0. The fourth-order valence-corrected chi connectivity index (χ4v) is 5.88. The molecule has 2 saturated heterocycles. The second-order valence-electron chi connectivity index (χ2n) is 12.1. The van der Waals surface area contributed by atoms with Crippen LogP contribution in [0.1, 0.15) is 38.5 Å². The van der Waals surface area contributed by atoms with E-state index in [2.05, 4.69) is 39.9 Å². The van der Waals surface area contributed by atoms with E-state index < -0.39 is 0 Å². The van der Waals surface area contributed by atoms with Gasteiger partial charge in [-0.05, 0) is 76.1 Å². The highest BCUT2D eigenvalue weighted by atomic mass is 16.5. The zero-order chi connectivity index (χ0) is 33.7. The van der Waals surface area contributed by atoms with Gasteiger partial charge in [-0.3, -0.25) is 14.9 Å². The fraction of sp³-hybridized carbons (Fsp3) is 0.389. The van der Waals surface area contributed by atoms with E-state index >= 15 is 0 Å². The molecule has 0 aliphatic carbocycles. The standard InChI is InChI=1S/C18H21N5O.C11H8N4O.C7H15NO/c1-2-8-22(9-3-1)10-11-24-16-4-5-17(19-13-16)15-12-20-18-6-7-21-23(18)14-15;16-9-1-2-10(12-6-9)8-5-13-11-3-4-14-15(11)7-8;9-7-6-8-4-2-1-3-5-8/h4-7,12-14H,1-3,8-11H2;1-7,16H;9H,1-7H2. The molecule has 13 nitrogen and oxygen atoms in total. The molecule has 0 aromatic carbocycles. The van der Waals surface area contributed by atoms with E-state index in [0.717, 1.165) is 52.6 Å². The van der Waals surface area contributed by atoms with Crippen LogP contribution < -0.4 is 4.74 Å². The minimum atomic E-state index is 0.150. The Hall–Kier alpha value is -4.98. The van der Waals surface area contributed by atoms with E-state index in [9.17, 15) is 0 Å². The molecule has 6 aromatic rings. The highest BCUT2D eigenvalue weighted by Gasteiger charge is 2.10. The molecular formula is C36H44N10O3. The van der Waals surface area contributed by atoms with E-state index in [-0.39, 0.29) is 5.75 Å². The molecule has 49 heavy (non-hydrogen) atoms. The minimum Gasteiger partial charge on any atom is -0.506 e. The van der Waals surface area contributed by atoms with Crippen molar-refractivity contribution in [2.75, 3.05) is 52.5 Å². The van der Waals surface area contributed by atoms with Crippen molar-refractivity contribution in [2.45, 2.75) is 38.5 Å². The Morgan fingerprint density at radius 1 is 0.592 bits per heavy atom. The number of aromatic hydroxyl groups is 1. The average Bonchev–Trinajstić information content (AvgIpc) is 3.83. The SMILES string of the molecule is OCCN1CCCCC1.Oc1ccc(-c2cnc3ccnn3c2)nc1.c1cc2ncc(-c3ccc(OCCN4CCCCC4)cn3)cn2n1. The molecule has 2 aliphatic heterocycles. The molecule has 0 spiro atoms. The minimum absolute atomic E-state index is 0.150. The summed E-state index contributed by atoms with van der Waals surface area (Å²) in [6, 6.07) is 11.0. The Morgan fingerprint density at radius 2 is 1.14 bits per heavy atom. The van der Waals surface area contributed by atoms with Gasteiger partial charge in [0, 0.05) is 61.1 Å². The van der Waals surface area contributed by atoms with Crippen molar-refractivity contribution in [1.82, 2.24) is 49.0 Å². The number of likely N-dealkylation sites (tertiary alicyclic amines) is 2. The number of fused-ring (bicyclic) bond motifs is 2. The van der Waals surface area contributed by atoms with Crippen LogP contribution in [0.15, 0.2) is 86.0 Å². The van der Waals surface area contributed by atoms with Crippen molar-refractivity contribution in [1.29, 1.82) is 0 Å². The van der Waals surface area contributed by atoms with Gasteiger partial charge in [0.15, 0.2) is 11.3 Å². The number of rotatable bonds is 8. The second-order valence-corrected chi connectivity index (χ2v) is 12.1. The van der Waals surface area contributed by atoms with Gasteiger partial charge < -0.3 is 19.8 Å². The van der Waals surface area contributed by atoms with Gasteiger partial charge in [-0.2, -0.15) is 10.2 Å². The lowest BCUT2D eigenvalue weighted by molar-refractivity contribution is 0.173. The molecule has 8 rings (SSSR count). The van der Waals surface area contributed by atoms with E-state index in [4.69, 9.17) is 14.9 Å². The maximum atomic E-state index is 9.15. The smallest absolute Gasteiger partial charge is 0.154 e. The first kappa shape index (κ1) is 33.9. The topological polar surface area (TPSA) is 142 Å². The first-order chi connectivity index (χ1) is 24.1. The number of nitrogens with zero attached hydrogens (tertiary/aromatic N) is 10. The third kappa shape index (κ3) is 9.78. The Kier molecular flexibility index (Phi) is 12.1. The van der Waals surface area contributed by atoms with Gasteiger partial charge in [-0.15, -0.1) is 0 Å². The number of β-amino-alcohol motifs (C(OH)–C–C–N with tert-alkyl or cyclic N) is 1. The van der Waals surface area contributed by atoms with Gasteiger partial charge in [0.25, 0.3) is 0 Å². The van der Waals surface area contributed by atoms with Crippen molar-refractivity contribution in [3.8, 4) is 34.0 Å². The first-order valence-electron chi connectivity index (χ1n) is 17.0. The number of hydrogen-bond donors (Lipinski definition) is 2. The summed E-state index contributed by atoms with van der Waals surface area (Å²) in [6.45, 7) is 7.68. The summed E-state index contributed by atoms with van der Waals surface area (Å²) in [5.74, 6) is 0.959. The third-order valence-electron chi connectivity index (χ3n) is 8.56. The zero-order valence-electron chi connectivity index (χ0n) is 27.8. The van der Waals surface area contributed by atoms with Crippen molar-refractivity contribution in [2.24, 2.45) is 0 Å². The maximum absolute atomic E-state index is 9.15. The first-order valence-corrected chi connectivity index (χ1v) is 17.0. The highest BCUT2D eigenvalue weighted by molar-refractivity contribution is 5.59. The number of ether oxygens (including phenoxy) is 1. The van der Waals surface area contributed by atoms with Gasteiger partial charge in [-0.1, -0.05) is 12.8 Å². The van der Waals surface area contributed by atoms with Gasteiger partial charge in [-0.25, -0.2) is 19.0 Å². The van der Waals surface area contributed by atoms with Crippen LogP contribution in [0.2, 0.25) is 0 Å². The molecule has 6 aromatic heterocycles. The summed E-state index contributed by atoms with van der Waals surface area (Å²) >= 11 is 0. The van der Waals surface area contributed by atoms with Crippen molar-refractivity contribution < 1.29 is 14.9 Å². The van der Waals surface area contributed by atoms with E-state index in [1.807, 2.05) is 42.9 Å². The molecule has 2 aliphatic rings. The number of piperidine rings is 2. The van der Waals surface area contributed by atoms with Crippen LogP contribution in [0.4, 0.5) is 0 Å². The number of aliphatic hydroxyl groups is 1. The van der Waals surface area contributed by atoms with Crippen LogP contribution in [0.5, 0.6) is 11.5 Å². The summed E-state index contributed by atoms with van der Waals surface area (Å²) in [5.41, 5.74) is 5.03. The molecule has 2 N–H and O–H groups in total. The van der Waals surface area contributed by atoms with E-state index in [1.165, 1.54) is 70.9 Å². The molecule has 0 unspecified atom stereocenters. The number of aliphatic hydroxyl groups excluding tert-OH is 1. The van der Waals surface area contributed by atoms with Crippen LogP contribution in [0.3, 0.4) is 0 Å². The predicted molar refractivity (Wildman–Crippen MR) is 187 cm³/mol. The fourth-order valence-electron chi connectivity index (χ4n) is 5.88. The van der Waals surface area contributed by atoms with Crippen molar-refractivity contribution in [3.05, 3.63) is 86.0 Å². The van der Waals surface area contributed by atoms with Crippen LogP contribution in [0, 0.1) is 0 Å². The Balaban J connectivity index is 0.000000143. The molecule has 2 fully saturated rings. The lowest BCUT2D eigenvalue weighted by Crippen LogP contribution is -2.33. The van der Waals surface area contributed by atoms with Crippen molar-refractivity contribution >= 4 is 11.3 Å². The molecule has 0 atom stereocenters. The predicted octanol–water partition coefficient (Wildman–Crippen LogP) is 4.62. The molecule has 0 saturated carbocycles. The largest absolute Gasteiger partial charge is 0.506 e. The van der Waals surface area contributed by atoms with Gasteiger partial charge in [0.05, 0.1) is 42.8 Å². The Morgan fingerprint density at radius 3 is 1.65 bits per heavy atom. The normalized spacial score (nSPS) is 15.3. The Labute approximate surface area is 285 Å². The van der Waals surface area contributed by atoms with Crippen LogP contribution >= 0.6 is 0 Å². The summed E-state index contributed by atoms with van der Waals surface area (Å²) < 4.78 is 9.25. The Bertz CT molecular complexity index is 1840. The van der Waals surface area contributed by atoms with Crippen molar-refractivity contribution in [3.63, 3.8) is 0 Å². The third-order valence-corrected chi connectivity index (χ3v) is 8.56. The molecule has 13 heteroatoms. The molecule has 8 heterocycles. The van der Waals surface area contributed by atoms with Crippen LogP contribution in [-0.2, 0) is 0 Å². The van der Waals surface area contributed by atoms with Gasteiger partial charge >= 0.3 is 0 Å². The van der Waals surface area contributed by atoms with Gasteiger partial charge in [0.1, 0.15) is 18.1 Å². The summed E-state index contributed by atoms with van der Waals surface area (Å²) in [4.78, 5) is 22.0. The highest BCUT2D eigenvalue weighted by Crippen LogP contribution is 2.20. The lowest BCUT2D eigenvalue weighted by atomic mass is 10.1. The monoisotopic (exact) mass is 664 g/mol. The van der Waals surface area contributed by atoms with Crippen LogP contribution in [0.25, 0.3) is 33.8 Å². The lowest BCUT2D eigenvalue weighted by Gasteiger charge is -2.26. The summed E-state index contributed by atoms with van der Waals surface area (Å²) in [6.07, 6.45) is 21.9. The number of aromatic nitrogens is 8. The number of pyridine rings is 2. The van der Waals surface area contributed by atoms with E-state index in [1.54, 1.807) is 46.0 Å². The quantitative estimate of drug-likeness (QED) is 0.235. The van der Waals surface area contributed by atoms with E-state index in [0.29, 0.717) is 13.2 Å². The second kappa shape index (κ2) is 17.4. The summed E-state index contributed by atoms with van der Waals surface area (Å²) in [7, 11) is 0. The molecule has 0 radical (unpaired) electrons. The van der Waals surface area contributed by atoms with Gasteiger partial charge in [0.2, 0.25) is 0 Å². The zero-order valence-corrected chi connectivity index (χ0v) is 27.8. The molecule has 0 amide bonds.